The highest BCUT2D eigenvalue weighted by molar-refractivity contribution is 14.0. The molecule has 6 heteroatoms. The number of guanidine groups is 1. The number of unbranched alkanes of at least 4 members (excludes halogenated alkanes) is 3. The third kappa shape index (κ3) is 10.5. The molecular formula is C18H38IN5. The number of nitrogens with one attached hydrogen (secondary N) is 1. The monoisotopic (exact) mass is 451 g/mol. The zero-order valence-corrected chi connectivity index (χ0v) is 18.3. The van der Waals surface area contributed by atoms with Crippen LogP contribution in [-0.2, 0) is 0 Å². The molecule has 1 N–H and O–H groups in total. The number of hydrogen-bond acceptors (Lipinski definition) is 3. The molecule has 0 bridgehead atoms. The lowest BCUT2D eigenvalue weighted by Crippen LogP contribution is -2.43. The van der Waals surface area contributed by atoms with Crippen molar-refractivity contribution >= 4 is 29.9 Å². The van der Waals surface area contributed by atoms with Crippen LogP contribution in [0.2, 0.25) is 0 Å². The van der Waals surface area contributed by atoms with Crippen LogP contribution in [-0.4, -0.2) is 87.6 Å². The van der Waals surface area contributed by atoms with E-state index in [2.05, 4.69) is 45.7 Å². The van der Waals surface area contributed by atoms with Crippen LogP contribution in [0.5, 0.6) is 0 Å². The minimum Gasteiger partial charge on any atom is -0.355 e. The van der Waals surface area contributed by atoms with Gasteiger partial charge in [0.15, 0.2) is 5.96 Å². The second kappa shape index (κ2) is 15.0. The third-order valence-corrected chi connectivity index (χ3v) is 4.50. The zero-order chi connectivity index (χ0) is 16.9. The van der Waals surface area contributed by atoms with Gasteiger partial charge in [-0.2, -0.15) is 0 Å². The van der Waals surface area contributed by atoms with E-state index in [0.29, 0.717) is 0 Å². The molecule has 1 aliphatic heterocycles. The van der Waals surface area contributed by atoms with Crippen LogP contribution in [0.3, 0.4) is 0 Å². The Bertz CT molecular complexity index is 348. The maximum atomic E-state index is 4.40. The van der Waals surface area contributed by atoms with Crippen LogP contribution in [0.25, 0.3) is 0 Å². The molecule has 0 saturated carbocycles. The smallest absolute Gasteiger partial charge is 0.193 e. The second-order valence-corrected chi connectivity index (χ2v) is 6.53. The van der Waals surface area contributed by atoms with Crippen LogP contribution in [0, 0.1) is 0 Å². The summed E-state index contributed by atoms with van der Waals surface area (Å²) in [7, 11) is 6.22. The minimum atomic E-state index is 0. The van der Waals surface area contributed by atoms with Gasteiger partial charge in [-0.25, -0.2) is 0 Å². The minimum absolute atomic E-state index is 0. The molecule has 0 aromatic carbocycles. The van der Waals surface area contributed by atoms with Crippen LogP contribution in [0.1, 0.15) is 32.1 Å². The predicted octanol–water partition coefficient (Wildman–Crippen LogP) is 2.50. The number of aliphatic imine (C=N–C) groups is 1. The first-order chi connectivity index (χ1) is 11.2. The molecule has 1 heterocycles. The van der Waals surface area contributed by atoms with Crippen molar-refractivity contribution in [3.05, 3.63) is 12.7 Å². The molecular weight excluding hydrogens is 413 g/mol. The first-order valence-electron chi connectivity index (χ1n) is 9.11. The van der Waals surface area contributed by atoms with Crippen molar-refractivity contribution in [2.24, 2.45) is 4.99 Å². The molecule has 1 aliphatic rings. The molecule has 0 atom stereocenters. The Balaban J connectivity index is 0.00000529. The first-order valence-corrected chi connectivity index (χ1v) is 9.11. The summed E-state index contributed by atoms with van der Waals surface area (Å²) in [4.78, 5) is 11.6. The van der Waals surface area contributed by atoms with Gasteiger partial charge < -0.3 is 20.0 Å². The molecule has 1 rings (SSSR count). The van der Waals surface area contributed by atoms with Crippen molar-refractivity contribution in [2.45, 2.75) is 32.1 Å². The van der Waals surface area contributed by atoms with E-state index in [9.17, 15) is 0 Å². The van der Waals surface area contributed by atoms with Gasteiger partial charge in [-0.1, -0.05) is 12.5 Å². The van der Waals surface area contributed by atoms with Crippen molar-refractivity contribution in [3.8, 4) is 0 Å². The Hall–Kier alpha value is -0.340. The van der Waals surface area contributed by atoms with E-state index >= 15 is 0 Å². The van der Waals surface area contributed by atoms with E-state index in [-0.39, 0.29) is 24.0 Å². The number of likely N-dealkylation sites (N-methyl/N-ethyl adjacent to an activating group) is 1. The van der Waals surface area contributed by atoms with Gasteiger partial charge >= 0.3 is 0 Å². The highest BCUT2D eigenvalue weighted by Gasteiger charge is 2.12. The SMILES string of the molecule is C=CCCCCCN(C)C(=NC)NCCN1CCCN(C)CC1.I. The lowest BCUT2D eigenvalue weighted by molar-refractivity contribution is 0.279. The molecule has 1 fully saturated rings. The Morgan fingerprint density at radius 2 is 2.00 bits per heavy atom. The third-order valence-electron chi connectivity index (χ3n) is 4.50. The Morgan fingerprint density at radius 3 is 2.71 bits per heavy atom. The summed E-state index contributed by atoms with van der Waals surface area (Å²) >= 11 is 0. The lowest BCUT2D eigenvalue weighted by atomic mass is 10.2. The fraction of sp³-hybridized carbons (Fsp3) is 0.833. The van der Waals surface area contributed by atoms with Crippen LogP contribution < -0.4 is 5.32 Å². The Kier molecular flexibility index (Phi) is 14.7. The summed E-state index contributed by atoms with van der Waals surface area (Å²) in [5.41, 5.74) is 0. The number of allylic oxidation sites excluding steroid dienone is 1. The zero-order valence-electron chi connectivity index (χ0n) is 16.0. The summed E-state index contributed by atoms with van der Waals surface area (Å²) in [6.45, 7) is 11.7. The molecule has 0 aromatic heterocycles. The molecule has 0 amide bonds. The summed E-state index contributed by atoms with van der Waals surface area (Å²) in [5, 5.41) is 3.50. The molecule has 142 valence electrons. The summed E-state index contributed by atoms with van der Waals surface area (Å²) in [6.07, 6.45) is 8.12. The van der Waals surface area contributed by atoms with Gasteiger partial charge in [0.25, 0.3) is 0 Å². The van der Waals surface area contributed by atoms with Gasteiger partial charge in [0.2, 0.25) is 0 Å². The molecule has 5 nitrogen and oxygen atoms in total. The molecule has 0 aromatic rings. The van der Waals surface area contributed by atoms with Gasteiger partial charge in [0, 0.05) is 46.8 Å². The molecule has 0 radical (unpaired) electrons. The Labute approximate surface area is 166 Å². The van der Waals surface area contributed by atoms with E-state index in [1.807, 2.05) is 13.1 Å². The number of hydrogen-bond donors (Lipinski definition) is 1. The normalized spacial score (nSPS) is 17.0. The predicted molar refractivity (Wildman–Crippen MR) is 117 cm³/mol. The van der Waals surface area contributed by atoms with Gasteiger partial charge in [-0.15, -0.1) is 30.6 Å². The first kappa shape index (κ1) is 23.7. The van der Waals surface area contributed by atoms with E-state index < -0.39 is 0 Å². The second-order valence-electron chi connectivity index (χ2n) is 6.53. The van der Waals surface area contributed by atoms with E-state index in [1.165, 1.54) is 51.9 Å². The van der Waals surface area contributed by atoms with E-state index in [4.69, 9.17) is 0 Å². The summed E-state index contributed by atoms with van der Waals surface area (Å²) in [6, 6.07) is 0. The van der Waals surface area contributed by atoms with Crippen LogP contribution >= 0.6 is 24.0 Å². The fourth-order valence-electron chi connectivity index (χ4n) is 2.95. The molecule has 0 spiro atoms. The molecule has 0 unspecified atom stereocenters. The maximum Gasteiger partial charge on any atom is 0.193 e. The Morgan fingerprint density at radius 1 is 1.21 bits per heavy atom. The van der Waals surface area contributed by atoms with Gasteiger partial charge in [-0.3, -0.25) is 4.99 Å². The van der Waals surface area contributed by atoms with E-state index in [0.717, 1.165) is 32.0 Å². The molecule has 1 saturated heterocycles. The van der Waals surface area contributed by atoms with Gasteiger partial charge in [0.05, 0.1) is 0 Å². The highest BCUT2D eigenvalue weighted by Crippen LogP contribution is 2.02. The maximum absolute atomic E-state index is 4.40. The average Bonchev–Trinajstić information content (AvgIpc) is 2.75. The highest BCUT2D eigenvalue weighted by atomic mass is 127. The van der Waals surface area contributed by atoms with Gasteiger partial charge in [0.1, 0.15) is 0 Å². The van der Waals surface area contributed by atoms with E-state index in [1.54, 1.807) is 0 Å². The lowest BCUT2D eigenvalue weighted by Gasteiger charge is -2.24. The number of nitrogens with zero attached hydrogens (tertiary/aromatic N) is 4. The number of rotatable bonds is 9. The van der Waals surface area contributed by atoms with Crippen molar-refractivity contribution < 1.29 is 0 Å². The largest absolute Gasteiger partial charge is 0.355 e. The fourth-order valence-corrected chi connectivity index (χ4v) is 2.95. The van der Waals surface area contributed by atoms with Crippen LogP contribution in [0.15, 0.2) is 17.6 Å². The van der Waals surface area contributed by atoms with Crippen molar-refractivity contribution in [1.82, 2.24) is 20.0 Å². The standard InChI is InChI=1S/C18H37N5.HI/c1-5-6-7-8-9-13-22(4)18(19-2)20-11-15-23-14-10-12-21(3)16-17-23;/h5H,1,6-17H2,2-4H3,(H,19,20);1H. The van der Waals surface area contributed by atoms with Crippen molar-refractivity contribution in [3.63, 3.8) is 0 Å². The number of halogens is 1. The van der Waals surface area contributed by atoms with Crippen LogP contribution in [0.4, 0.5) is 0 Å². The summed E-state index contributed by atoms with van der Waals surface area (Å²) in [5.74, 6) is 1.01. The van der Waals surface area contributed by atoms with Crippen molar-refractivity contribution in [2.75, 3.05) is 67.0 Å². The average molecular weight is 451 g/mol. The molecule has 24 heavy (non-hydrogen) atoms. The van der Waals surface area contributed by atoms with Crippen molar-refractivity contribution in [1.29, 1.82) is 0 Å². The topological polar surface area (TPSA) is 34.1 Å². The summed E-state index contributed by atoms with van der Waals surface area (Å²) < 4.78 is 0. The van der Waals surface area contributed by atoms with Gasteiger partial charge in [-0.05, 0) is 45.8 Å². The quantitative estimate of drug-likeness (QED) is 0.192. The molecule has 0 aliphatic carbocycles.